The molecule has 2 atom stereocenters. The van der Waals surface area contributed by atoms with Gasteiger partial charge in [0.1, 0.15) is 6.17 Å². The van der Waals surface area contributed by atoms with Crippen LogP contribution in [-0.4, -0.2) is 33.8 Å². The summed E-state index contributed by atoms with van der Waals surface area (Å²) in [5, 5.41) is 4.10. The summed E-state index contributed by atoms with van der Waals surface area (Å²) >= 11 is 0. The average molecular weight is 299 g/mol. The van der Waals surface area contributed by atoms with E-state index in [2.05, 4.69) is 21.0 Å². The Hall–Kier alpha value is -2.41. The van der Waals surface area contributed by atoms with E-state index < -0.39 is 0 Å². The number of amides is 2. The predicted molar refractivity (Wildman–Crippen MR) is 78.6 cm³/mol. The molecule has 114 valence electrons. The Kier molecular flexibility index (Phi) is 3.07. The fourth-order valence-electron chi connectivity index (χ4n) is 3.16. The molecule has 2 fully saturated rings. The predicted octanol–water partition coefficient (Wildman–Crippen LogP) is 1.78. The van der Waals surface area contributed by atoms with Crippen LogP contribution in [0.3, 0.4) is 0 Å². The summed E-state index contributed by atoms with van der Waals surface area (Å²) in [5.41, 5.74) is 7.76. The van der Waals surface area contributed by atoms with Crippen molar-refractivity contribution in [2.75, 3.05) is 6.54 Å². The Morgan fingerprint density at radius 3 is 3.18 bits per heavy atom. The monoisotopic (exact) mass is 299 g/mol. The van der Waals surface area contributed by atoms with E-state index in [-0.39, 0.29) is 18.1 Å². The van der Waals surface area contributed by atoms with Gasteiger partial charge >= 0.3 is 6.03 Å². The number of hydrogen-bond donors (Lipinski definition) is 2. The van der Waals surface area contributed by atoms with Crippen molar-refractivity contribution in [2.24, 2.45) is 0 Å². The molecule has 3 heterocycles. The Bertz CT molecular complexity index is 713. The van der Waals surface area contributed by atoms with Crippen LogP contribution in [0.2, 0.25) is 0 Å². The SMILES string of the molecule is Cc1cccc(-c2noc(C3CCCN4C(=O)NNC34)n2)c1. The molecule has 2 saturated heterocycles. The zero-order valence-electron chi connectivity index (χ0n) is 12.2. The second-order valence-electron chi connectivity index (χ2n) is 5.79. The number of carbonyl (C=O) groups excluding carboxylic acids is 1. The molecule has 1 aromatic carbocycles. The molecule has 7 heteroatoms. The van der Waals surface area contributed by atoms with E-state index in [1.54, 1.807) is 4.90 Å². The van der Waals surface area contributed by atoms with Crippen molar-refractivity contribution in [3.05, 3.63) is 35.7 Å². The lowest BCUT2D eigenvalue weighted by molar-refractivity contribution is 0.148. The van der Waals surface area contributed by atoms with Gasteiger partial charge in [-0.1, -0.05) is 28.9 Å². The third-order valence-corrected chi connectivity index (χ3v) is 4.25. The molecule has 1 aromatic heterocycles. The van der Waals surface area contributed by atoms with Gasteiger partial charge in [-0.15, -0.1) is 0 Å². The summed E-state index contributed by atoms with van der Waals surface area (Å²) in [6.07, 6.45) is 1.73. The van der Waals surface area contributed by atoms with Crippen molar-refractivity contribution in [1.82, 2.24) is 25.9 Å². The van der Waals surface area contributed by atoms with Gasteiger partial charge in [-0.25, -0.2) is 10.2 Å². The molecule has 0 radical (unpaired) electrons. The van der Waals surface area contributed by atoms with E-state index in [9.17, 15) is 4.79 Å². The molecule has 2 N–H and O–H groups in total. The summed E-state index contributed by atoms with van der Waals surface area (Å²) in [6.45, 7) is 2.78. The molecule has 0 bridgehead atoms. The highest BCUT2D eigenvalue weighted by Gasteiger charge is 2.42. The van der Waals surface area contributed by atoms with E-state index >= 15 is 0 Å². The molecule has 2 aliphatic rings. The number of hydrazine groups is 1. The first-order valence-corrected chi connectivity index (χ1v) is 7.45. The lowest BCUT2D eigenvalue weighted by atomic mass is 9.95. The van der Waals surface area contributed by atoms with Crippen LogP contribution >= 0.6 is 0 Å². The second kappa shape index (κ2) is 5.10. The van der Waals surface area contributed by atoms with Crippen LogP contribution in [-0.2, 0) is 0 Å². The lowest BCUT2D eigenvalue weighted by Gasteiger charge is -2.32. The maximum atomic E-state index is 11.7. The topological polar surface area (TPSA) is 83.3 Å². The van der Waals surface area contributed by atoms with Gasteiger partial charge in [0.25, 0.3) is 0 Å². The largest absolute Gasteiger partial charge is 0.339 e. The van der Waals surface area contributed by atoms with Crippen LogP contribution < -0.4 is 10.9 Å². The van der Waals surface area contributed by atoms with Gasteiger partial charge in [-0.3, -0.25) is 5.43 Å². The standard InChI is InChI=1S/C15H17N5O2/c1-9-4-2-5-10(8-9)12-16-14(22-19-12)11-6-3-7-20-13(11)17-18-15(20)21/h2,4-5,8,11,13,17H,3,6-7H2,1H3,(H,18,21). The third-order valence-electron chi connectivity index (χ3n) is 4.25. The fourth-order valence-corrected chi connectivity index (χ4v) is 3.16. The van der Waals surface area contributed by atoms with E-state index in [1.807, 2.05) is 31.2 Å². The van der Waals surface area contributed by atoms with Crippen molar-refractivity contribution in [1.29, 1.82) is 0 Å². The van der Waals surface area contributed by atoms with Crippen LogP contribution in [0, 0.1) is 6.92 Å². The summed E-state index contributed by atoms with van der Waals surface area (Å²) in [5.74, 6) is 1.18. The number of aromatic nitrogens is 2. The number of fused-ring (bicyclic) bond motifs is 1. The Morgan fingerprint density at radius 2 is 2.32 bits per heavy atom. The first-order valence-electron chi connectivity index (χ1n) is 7.45. The zero-order chi connectivity index (χ0) is 15.1. The van der Waals surface area contributed by atoms with E-state index in [0.717, 1.165) is 30.5 Å². The molecule has 2 unspecified atom stereocenters. The Morgan fingerprint density at radius 1 is 1.41 bits per heavy atom. The highest BCUT2D eigenvalue weighted by atomic mass is 16.5. The van der Waals surface area contributed by atoms with Gasteiger partial charge in [0, 0.05) is 12.1 Å². The third kappa shape index (κ3) is 2.14. The number of rotatable bonds is 2. The van der Waals surface area contributed by atoms with Crippen molar-refractivity contribution < 1.29 is 9.32 Å². The van der Waals surface area contributed by atoms with Gasteiger partial charge in [0.15, 0.2) is 0 Å². The zero-order valence-corrected chi connectivity index (χ0v) is 12.2. The van der Waals surface area contributed by atoms with Crippen molar-refractivity contribution in [2.45, 2.75) is 31.8 Å². The number of urea groups is 1. The van der Waals surface area contributed by atoms with Gasteiger partial charge in [-0.05, 0) is 25.8 Å². The molecule has 0 spiro atoms. The van der Waals surface area contributed by atoms with Gasteiger partial charge in [-0.2, -0.15) is 4.98 Å². The van der Waals surface area contributed by atoms with Gasteiger partial charge < -0.3 is 9.42 Å². The number of aryl methyl sites for hydroxylation is 1. The number of hydrogen-bond acceptors (Lipinski definition) is 5. The fraction of sp³-hybridized carbons (Fsp3) is 0.400. The number of nitrogens with one attached hydrogen (secondary N) is 2. The highest BCUT2D eigenvalue weighted by molar-refractivity contribution is 5.76. The summed E-state index contributed by atoms with van der Waals surface area (Å²) in [7, 11) is 0. The highest BCUT2D eigenvalue weighted by Crippen LogP contribution is 2.32. The van der Waals surface area contributed by atoms with Crippen LogP contribution in [0.25, 0.3) is 11.4 Å². The Labute approximate surface area is 127 Å². The second-order valence-corrected chi connectivity index (χ2v) is 5.79. The molecule has 7 nitrogen and oxygen atoms in total. The summed E-state index contributed by atoms with van der Waals surface area (Å²) < 4.78 is 5.47. The van der Waals surface area contributed by atoms with Crippen LogP contribution in [0.1, 0.15) is 30.2 Å². The first kappa shape index (κ1) is 13.3. The normalized spacial score (nSPS) is 24.2. The minimum Gasteiger partial charge on any atom is -0.339 e. The smallest absolute Gasteiger partial charge is 0.333 e. The van der Waals surface area contributed by atoms with Gasteiger partial charge in [0.05, 0.1) is 5.92 Å². The number of carbonyl (C=O) groups is 1. The Balaban J connectivity index is 1.62. The quantitative estimate of drug-likeness (QED) is 0.883. The maximum Gasteiger partial charge on any atom is 0.333 e. The van der Waals surface area contributed by atoms with Crippen LogP contribution in [0.15, 0.2) is 28.8 Å². The molecule has 0 aliphatic carbocycles. The lowest BCUT2D eigenvalue weighted by Crippen LogP contribution is -2.46. The molecular weight excluding hydrogens is 282 g/mol. The van der Waals surface area contributed by atoms with Gasteiger partial charge in [0.2, 0.25) is 11.7 Å². The number of piperidine rings is 1. The van der Waals surface area contributed by atoms with Crippen molar-refractivity contribution >= 4 is 6.03 Å². The minimum atomic E-state index is -0.118. The molecule has 0 saturated carbocycles. The minimum absolute atomic E-state index is 0.0127. The summed E-state index contributed by atoms with van der Waals surface area (Å²) in [6, 6.07) is 7.91. The molecular formula is C15H17N5O2. The number of benzene rings is 1. The van der Waals surface area contributed by atoms with E-state index in [1.165, 1.54) is 0 Å². The average Bonchev–Trinajstić information content (AvgIpc) is 3.15. The molecule has 2 aliphatic heterocycles. The first-order chi connectivity index (χ1) is 10.7. The molecule has 2 aromatic rings. The van der Waals surface area contributed by atoms with E-state index in [4.69, 9.17) is 4.52 Å². The van der Waals surface area contributed by atoms with E-state index in [0.29, 0.717) is 11.7 Å². The molecule has 2 amide bonds. The number of nitrogens with zero attached hydrogens (tertiary/aromatic N) is 3. The molecule has 22 heavy (non-hydrogen) atoms. The van der Waals surface area contributed by atoms with Crippen LogP contribution in [0.5, 0.6) is 0 Å². The maximum absolute atomic E-state index is 11.7. The van der Waals surface area contributed by atoms with Crippen LogP contribution in [0.4, 0.5) is 4.79 Å². The summed E-state index contributed by atoms with van der Waals surface area (Å²) in [4.78, 5) is 18.1. The van der Waals surface area contributed by atoms with Crippen molar-refractivity contribution in [3.8, 4) is 11.4 Å². The molecule has 4 rings (SSSR count). The van der Waals surface area contributed by atoms with Crippen molar-refractivity contribution in [3.63, 3.8) is 0 Å².